The summed E-state index contributed by atoms with van der Waals surface area (Å²) in [6, 6.07) is 0. The van der Waals surface area contributed by atoms with Gasteiger partial charge in [-0.2, -0.15) is 19.6 Å². The van der Waals surface area contributed by atoms with Gasteiger partial charge in [0.2, 0.25) is 23.4 Å². The molecule has 2 spiro atoms. The fourth-order valence-electron chi connectivity index (χ4n) is 19.3. The molecule has 20 atom stereocenters. The van der Waals surface area contributed by atoms with Crippen LogP contribution in [0.15, 0.2) is 0 Å². The molecule has 0 aromatic carbocycles. The number of carbonyl (C=O) groups excluding carboxylic acids is 6. The summed E-state index contributed by atoms with van der Waals surface area (Å²) in [5, 5.41) is 0. The highest BCUT2D eigenvalue weighted by molar-refractivity contribution is 5.74. The number of amides is 2. The zero-order chi connectivity index (χ0) is 52.1. The Morgan fingerprint density at radius 1 is 0.500 bits per heavy atom. The summed E-state index contributed by atoms with van der Waals surface area (Å²) in [6.45, 7) is 19.5. The number of carbonyl (C=O) groups is 6. The summed E-state index contributed by atoms with van der Waals surface area (Å²) < 4.78 is 25.4. The topological polar surface area (TPSA) is 228 Å². The van der Waals surface area contributed by atoms with Crippen LogP contribution in [0.3, 0.4) is 0 Å². The quantitative estimate of drug-likeness (QED) is 0.106. The molecule has 0 radical (unpaired) electrons. The number of primary amides is 2. The molecule has 1 heterocycles. The molecule has 16 heteroatoms. The first-order valence-electron chi connectivity index (χ1n) is 27.8. The summed E-state index contributed by atoms with van der Waals surface area (Å²) in [5.74, 6) is -3.05. The summed E-state index contributed by atoms with van der Waals surface area (Å²) in [5.41, 5.74) is 9.99. The molecule has 9 rings (SSSR count). The lowest BCUT2D eigenvalue weighted by atomic mass is 9.42. The second kappa shape index (κ2) is 19.3. The van der Waals surface area contributed by atoms with Gasteiger partial charge in [0.05, 0.1) is 0 Å². The molecule has 0 unspecified atom stereocenters. The zero-order valence-corrected chi connectivity index (χ0v) is 44.8. The van der Waals surface area contributed by atoms with Gasteiger partial charge in [-0.1, -0.05) is 41.5 Å². The SMILES string of the molecule is CC(=O)O[C@H]1C[C@H]2[C@@H]([C@H](OC(C)=O)C[C@@H]3CC4(CC[C@@]32C)OOC2(CC[C@@]3(C)[C@H](C[C@@H](OC(C)=O)[C@@H]5[C@@H]3C[C@H](OC(C)=O)[C@]3(C)[C@@H]([C@H](C)CCC(N)=O)CC[C@@H]53)C2)OO4)[C@@H]2CC[C@H]([C@H](C)CCC(N)=O)[C@@]12C. The molecule has 404 valence electrons. The van der Waals surface area contributed by atoms with Gasteiger partial charge in [0.25, 0.3) is 0 Å². The maximum atomic E-state index is 13.0. The lowest BCUT2D eigenvalue weighted by molar-refractivity contribution is -0.667. The minimum atomic E-state index is -1.20. The molecule has 16 nitrogen and oxygen atoms in total. The molecule has 1 aliphatic heterocycles. The van der Waals surface area contributed by atoms with Crippen molar-refractivity contribution in [2.75, 3.05) is 0 Å². The second-order valence-corrected chi connectivity index (χ2v) is 26.0. The van der Waals surface area contributed by atoms with E-state index in [2.05, 4.69) is 41.5 Å². The van der Waals surface area contributed by atoms with E-state index in [4.69, 9.17) is 50.0 Å². The zero-order valence-electron chi connectivity index (χ0n) is 44.8. The maximum absolute atomic E-state index is 13.0. The van der Waals surface area contributed by atoms with Crippen molar-refractivity contribution >= 4 is 35.7 Å². The first-order chi connectivity index (χ1) is 33.8. The van der Waals surface area contributed by atoms with Gasteiger partial charge in [0.15, 0.2) is 0 Å². The Morgan fingerprint density at radius 3 is 1.17 bits per heavy atom. The van der Waals surface area contributed by atoms with E-state index in [-0.39, 0.29) is 153 Å². The molecule has 8 aliphatic carbocycles. The van der Waals surface area contributed by atoms with Gasteiger partial charge < -0.3 is 30.4 Å². The number of hydrogen-bond donors (Lipinski definition) is 2. The molecule has 0 aromatic rings. The molecule has 9 fully saturated rings. The van der Waals surface area contributed by atoms with E-state index in [0.717, 1.165) is 38.5 Å². The Labute approximate surface area is 426 Å². The van der Waals surface area contributed by atoms with E-state index < -0.39 is 11.6 Å². The summed E-state index contributed by atoms with van der Waals surface area (Å²) in [7, 11) is 0. The predicted molar refractivity (Wildman–Crippen MR) is 259 cm³/mol. The van der Waals surface area contributed by atoms with Crippen molar-refractivity contribution in [3.8, 4) is 0 Å². The average Bonchev–Trinajstić information content (AvgIpc) is 3.85. The van der Waals surface area contributed by atoms with Crippen LogP contribution in [-0.2, 0) is 67.3 Å². The van der Waals surface area contributed by atoms with Crippen LogP contribution < -0.4 is 11.5 Å². The number of esters is 4. The van der Waals surface area contributed by atoms with Crippen molar-refractivity contribution in [1.82, 2.24) is 0 Å². The average molecular weight is 1010 g/mol. The Kier molecular flexibility index (Phi) is 14.4. The monoisotopic (exact) mass is 1010 g/mol. The van der Waals surface area contributed by atoms with Crippen LogP contribution in [0.2, 0.25) is 0 Å². The first-order valence-corrected chi connectivity index (χ1v) is 27.8. The Bertz CT molecular complexity index is 1980. The smallest absolute Gasteiger partial charge is 0.302 e. The normalized spacial score (nSPS) is 47.8. The Balaban J connectivity index is 0.934. The van der Waals surface area contributed by atoms with Crippen LogP contribution >= 0.6 is 0 Å². The molecule has 4 N–H and O–H groups in total. The van der Waals surface area contributed by atoms with Crippen LogP contribution in [0.25, 0.3) is 0 Å². The van der Waals surface area contributed by atoms with Gasteiger partial charge >= 0.3 is 23.9 Å². The van der Waals surface area contributed by atoms with Crippen molar-refractivity contribution in [2.24, 2.45) is 104 Å². The number of nitrogens with two attached hydrogens (primary N) is 2. The number of ether oxygens (including phenoxy) is 4. The van der Waals surface area contributed by atoms with Crippen molar-refractivity contribution in [3.63, 3.8) is 0 Å². The largest absolute Gasteiger partial charge is 0.462 e. The number of rotatable bonds is 12. The highest BCUT2D eigenvalue weighted by Crippen LogP contribution is 2.73. The van der Waals surface area contributed by atoms with Gasteiger partial charge in [-0.3, -0.25) is 28.8 Å². The number of hydrogen-bond acceptors (Lipinski definition) is 14. The fourth-order valence-corrected chi connectivity index (χ4v) is 19.3. The summed E-state index contributed by atoms with van der Waals surface area (Å²) in [4.78, 5) is 102. The van der Waals surface area contributed by atoms with E-state index in [1.54, 1.807) is 0 Å². The second-order valence-electron chi connectivity index (χ2n) is 26.0. The highest BCUT2D eigenvalue weighted by atomic mass is 17.4. The summed E-state index contributed by atoms with van der Waals surface area (Å²) >= 11 is 0. The third kappa shape index (κ3) is 9.00. The van der Waals surface area contributed by atoms with Crippen molar-refractivity contribution in [3.05, 3.63) is 0 Å². The van der Waals surface area contributed by atoms with Gasteiger partial charge in [-0.25, -0.2) is 0 Å². The van der Waals surface area contributed by atoms with Crippen molar-refractivity contribution < 1.29 is 67.3 Å². The van der Waals surface area contributed by atoms with Crippen molar-refractivity contribution in [1.29, 1.82) is 0 Å². The standard InChI is InChI=1S/C56H86N2O14/c1-29(11-17-47(57)63)37-13-15-39-49-41(25-45(53(37,39)9)67-33(5)61)51(7)19-21-55(27-35(51)23-43(49)65-31(3)59)69-71-56(72-70-55)22-20-52(8)36(28-56)24-44(66-32(4)60)50-40-16-14-38(30(2)12-18-48(58)64)54(40,10)46(26-42(50)52)68-34(6)62/h29-30,35-46,49-50H,11-28H2,1-10H3,(H2,57,63)(H2,58,64)/t29-,30-,35-,36-,37-,38-,39+,40+,41+,42+,43-,44-,45+,46+,49+,50+,51+,52+,53-,54-,55?,56?/m1/s1. The van der Waals surface area contributed by atoms with Crippen LogP contribution in [-0.4, -0.2) is 71.7 Å². The fraction of sp³-hybridized carbons (Fsp3) is 0.893. The molecule has 1 saturated heterocycles. The third-order valence-electron chi connectivity index (χ3n) is 22.6. The van der Waals surface area contributed by atoms with Crippen LogP contribution in [0.5, 0.6) is 0 Å². The molecule has 72 heavy (non-hydrogen) atoms. The number of fused-ring (bicyclic) bond motifs is 10. The van der Waals surface area contributed by atoms with Crippen molar-refractivity contribution in [2.45, 2.75) is 221 Å². The Hall–Kier alpha value is -3.34. The molecular weight excluding hydrogens is 925 g/mol. The highest BCUT2D eigenvalue weighted by Gasteiger charge is 2.72. The van der Waals surface area contributed by atoms with Crippen LogP contribution in [0.4, 0.5) is 0 Å². The van der Waals surface area contributed by atoms with E-state index in [1.165, 1.54) is 27.7 Å². The van der Waals surface area contributed by atoms with Gasteiger partial charge in [-0.15, -0.1) is 0 Å². The lowest BCUT2D eigenvalue weighted by Crippen LogP contribution is -2.66. The lowest BCUT2D eigenvalue weighted by Gasteiger charge is -2.66. The van der Waals surface area contributed by atoms with Gasteiger partial charge in [-0.05, 0) is 147 Å². The third-order valence-corrected chi connectivity index (χ3v) is 22.6. The predicted octanol–water partition coefficient (Wildman–Crippen LogP) is 8.58. The minimum absolute atomic E-state index is 0.00924. The maximum Gasteiger partial charge on any atom is 0.302 e. The van der Waals surface area contributed by atoms with E-state index in [1.807, 2.05) is 0 Å². The Morgan fingerprint density at radius 2 is 0.847 bits per heavy atom. The van der Waals surface area contributed by atoms with Crippen LogP contribution in [0, 0.1) is 92.7 Å². The first kappa shape index (κ1) is 53.5. The van der Waals surface area contributed by atoms with E-state index in [9.17, 15) is 28.8 Å². The van der Waals surface area contributed by atoms with Gasteiger partial charge in [0, 0.05) is 88.9 Å². The molecular formula is C56H86N2O14. The van der Waals surface area contributed by atoms with Crippen LogP contribution in [0.1, 0.15) is 185 Å². The van der Waals surface area contributed by atoms with E-state index >= 15 is 0 Å². The molecule has 2 amide bonds. The molecule has 8 saturated carbocycles. The van der Waals surface area contributed by atoms with Gasteiger partial charge in [0.1, 0.15) is 24.4 Å². The summed E-state index contributed by atoms with van der Waals surface area (Å²) in [6.07, 6.45) is 10.1. The minimum Gasteiger partial charge on any atom is -0.462 e. The van der Waals surface area contributed by atoms with E-state index in [0.29, 0.717) is 77.0 Å². The molecule has 9 aliphatic rings. The molecule has 0 bridgehead atoms. The molecule has 0 aromatic heterocycles.